The molecule has 4 nitrogen and oxygen atoms in total. The molecule has 1 heterocycles. The van der Waals surface area contributed by atoms with Crippen molar-refractivity contribution in [3.05, 3.63) is 58.8 Å². The van der Waals surface area contributed by atoms with Gasteiger partial charge in [0.2, 0.25) is 0 Å². The van der Waals surface area contributed by atoms with E-state index in [0.717, 1.165) is 5.56 Å². The highest BCUT2D eigenvalue weighted by atomic mass is 35.5. The number of ether oxygens (including phenoxy) is 1. The van der Waals surface area contributed by atoms with Gasteiger partial charge in [0, 0.05) is 17.8 Å². The molecule has 3 rings (SSSR count). The summed E-state index contributed by atoms with van der Waals surface area (Å²) in [5.41, 5.74) is 7.83. The first-order valence-electron chi connectivity index (χ1n) is 6.37. The third-order valence-corrected chi connectivity index (χ3v) is 3.50. The van der Waals surface area contributed by atoms with Crippen LogP contribution in [0.3, 0.4) is 0 Å². The summed E-state index contributed by atoms with van der Waals surface area (Å²) in [6, 6.07) is 12.4. The minimum Gasteiger partial charge on any atom is -0.449 e. The normalized spacial score (nSPS) is 15.8. The van der Waals surface area contributed by atoms with Crippen LogP contribution in [0, 0.1) is 0 Å². The number of halogens is 1. The van der Waals surface area contributed by atoms with Gasteiger partial charge >= 0.3 is 0 Å². The molecule has 2 N–H and O–H groups in total. The zero-order valence-corrected chi connectivity index (χ0v) is 12.1. The van der Waals surface area contributed by atoms with Gasteiger partial charge in [0.25, 0.3) is 5.91 Å². The van der Waals surface area contributed by atoms with Crippen LogP contribution in [-0.2, 0) is 4.79 Å². The predicted molar refractivity (Wildman–Crippen MR) is 84.3 cm³/mol. The van der Waals surface area contributed by atoms with E-state index >= 15 is 0 Å². The largest absolute Gasteiger partial charge is 0.449 e. The summed E-state index contributed by atoms with van der Waals surface area (Å²) in [4.78, 5) is 13.9. The number of rotatable bonds is 1. The fourth-order valence-corrected chi connectivity index (χ4v) is 2.25. The molecule has 0 bridgehead atoms. The number of benzene rings is 2. The number of nitrogen functional groups attached to an aromatic ring is 1. The molecule has 1 amide bonds. The number of hydrogen-bond acceptors (Lipinski definition) is 3. The molecule has 1 aliphatic rings. The van der Waals surface area contributed by atoms with Crippen molar-refractivity contribution < 1.29 is 9.53 Å². The van der Waals surface area contributed by atoms with Crippen molar-refractivity contribution in [2.24, 2.45) is 0 Å². The maximum absolute atomic E-state index is 12.3. The van der Waals surface area contributed by atoms with Crippen LogP contribution >= 0.6 is 11.6 Å². The molecule has 0 aromatic heterocycles. The van der Waals surface area contributed by atoms with E-state index in [1.165, 1.54) is 4.90 Å². The molecule has 0 fully saturated rings. The van der Waals surface area contributed by atoms with Gasteiger partial charge in [-0.25, -0.2) is 0 Å². The van der Waals surface area contributed by atoms with Gasteiger partial charge in [-0.3, -0.25) is 4.79 Å². The zero-order chi connectivity index (χ0) is 15.0. The zero-order valence-electron chi connectivity index (χ0n) is 11.3. The van der Waals surface area contributed by atoms with Crippen LogP contribution in [0.5, 0.6) is 5.75 Å². The number of hydrogen-bond donors (Lipinski definition) is 1. The lowest BCUT2D eigenvalue weighted by Gasteiger charge is -2.27. The molecule has 0 atom stereocenters. The van der Waals surface area contributed by atoms with Gasteiger partial charge in [-0.15, -0.1) is 0 Å². The quantitative estimate of drug-likeness (QED) is 0.649. The molecule has 106 valence electrons. The van der Waals surface area contributed by atoms with E-state index in [0.29, 0.717) is 22.1 Å². The number of carbonyl (C=O) groups excluding carboxylic acids is 1. The Morgan fingerprint density at radius 3 is 2.62 bits per heavy atom. The van der Waals surface area contributed by atoms with Crippen molar-refractivity contribution in [3.8, 4) is 5.75 Å². The van der Waals surface area contributed by atoms with E-state index in [2.05, 4.69) is 0 Å². The summed E-state index contributed by atoms with van der Waals surface area (Å²) in [5, 5.41) is 0.644. The fourth-order valence-electron chi connectivity index (χ4n) is 2.12. The number of likely N-dealkylation sites (N-methyl/N-ethyl adjacent to an activating group) is 1. The Bertz CT molecular complexity index is 738. The van der Waals surface area contributed by atoms with Gasteiger partial charge in [0.15, 0.2) is 11.5 Å². The minimum absolute atomic E-state index is 0.219. The lowest BCUT2D eigenvalue weighted by atomic mass is 10.1. The van der Waals surface area contributed by atoms with Crippen LogP contribution in [0.2, 0.25) is 5.02 Å². The Morgan fingerprint density at radius 2 is 1.90 bits per heavy atom. The third kappa shape index (κ3) is 2.58. The maximum atomic E-state index is 12.3. The standard InChI is InChI=1S/C16H13ClN2O2/c1-19-13-9-12(18)6-7-14(13)21-15(16(19)20)8-10-2-4-11(17)5-3-10/h2-9H,18H2,1H3/b15-8+. The third-order valence-electron chi connectivity index (χ3n) is 3.25. The van der Waals surface area contributed by atoms with Gasteiger partial charge in [0.05, 0.1) is 5.69 Å². The number of carbonyl (C=O) groups is 1. The first-order valence-corrected chi connectivity index (χ1v) is 6.75. The molecule has 5 heteroatoms. The summed E-state index contributed by atoms with van der Waals surface area (Å²) >= 11 is 5.85. The van der Waals surface area contributed by atoms with Crippen molar-refractivity contribution in [2.75, 3.05) is 17.7 Å². The van der Waals surface area contributed by atoms with Crippen molar-refractivity contribution in [1.29, 1.82) is 0 Å². The Hall–Kier alpha value is -2.46. The van der Waals surface area contributed by atoms with Crippen LogP contribution in [0.4, 0.5) is 11.4 Å². The Labute approximate surface area is 127 Å². The van der Waals surface area contributed by atoms with Gasteiger partial charge in [0.1, 0.15) is 0 Å². The van der Waals surface area contributed by atoms with E-state index in [1.807, 2.05) is 12.1 Å². The lowest BCUT2D eigenvalue weighted by molar-refractivity contribution is -0.117. The summed E-state index contributed by atoms with van der Waals surface area (Å²) in [5.74, 6) is 0.645. The van der Waals surface area contributed by atoms with Crippen LogP contribution in [-0.4, -0.2) is 13.0 Å². The summed E-state index contributed by atoms with van der Waals surface area (Å²) in [6.45, 7) is 0. The summed E-state index contributed by atoms with van der Waals surface area (Å²) in [7, 11) is 1.69. The molecule has 0 saturated heterocycles. The van der Waals surface area contributed by atoms with Gasteiger partial charge in [-0.2, -0.15) is 0 Å². The second kappa shape index (κ2) is 5.14. The molecular formula is C16H13ClN2O2. The highest BCUT2D eigenvalue weighted by Gasteiger charge is 2.27. The second-order valence-electron chi connectivity index (χ2n) is 4.75. The smallest absolute Gasteiger partial charge is 0.293 e. The number of nitrogens with zero attached hydrogens (tertiary/aromatic N) is 1. The molecule has 0 radical (unpaired) electrons. The molecule has 21 heavy (non-hydrogen) atoms. The highest BCUT2D eigenvalue weighted by molar-refractivity contribution is 6.30. The number of amides is 1. The summed E-state index contributed by atoms with van der Waals surface area (Å²) in [6.07, 6.45) is 1.69. The van der Waals surface area contributed by atoms with Crippen LogP contribution in [0.1, 0.15) is 5.56 Å². The second-order valence-corrected chi connectivity index (χ2v) is 5.19. The monoisotopic (exact) mass is 300 g/mol. The van der Waals surface area contributed by atoms with E-state index < -0.39 is 0 Å². The molecule has 1 aliphatic heterocycles. The fraction of sp³-hybridized carbons (Fsp3) is 0.0625. The SMILES string of the molecule is CN1C(=O)/C(=C\c2ccc(Cl)cc2)Oc2ccc(N)cc21. The van der Waals surface area contributed by atoms with Crippen molar-refractivity contribution in [2.45, 2.75) is 0 Å². The molecular weight excluding hydrogens is 288 g/mol. The number of fused-ring (bicyclic) bond motifs is 1. The molecule has 0 aliphatic carbocycles. The van der Waals surface area contributed by atoms with Crippen molar-refractivity contribution in [3.63, 3.8) is 0 Å². The first-order chi connectivity index (χ1) is 10.0. The van der Waals surface area contributed by atoms with Gasteiger partial charge in [-0.1, -0.05) is 23.7 Å². The van der Waals surface area contributed by atoms with E-state index in [-0.39, 0.29) is 11.7 Å². The molecule has 2 aromatic rings. The average Bonchev–Trinajstić information content (AvgIpc) is 2.47. The number of nitrogens with two attached hydrogens (primary N) is 1. The predicted octanol–water partition coefficient (Wildman–Crippen LogP) is 3.32. The van der Waals surface area contributed by atoms with Crippen LogP contribution in [0.25, 0.3) is 6.08 Å². The molecule has 0 spiro atoms. The van der Waals surface area contributed by atoms with Crippen LogP contribution in [0.15, 0.2) is 48.2 Å². The summed E-state index contributed by atoms with van der Waals surface area (Å²) < 4.78 is 5.69. The van der Waals surface area contributed by atoms with Crippen molar-refractivity contribution in [1.82, 2.24) is 0 Å². The van der Waals surface area contributed by atoms with Gasteiger partial charge in [-0.05, 0) is 42.0 Å². The molecule has 2 aromatic carbocycles. The highest BCUT2D eigenvalue weighted by Crippen LogP contribution is 2.36. The topological polar surface area (TPSA) is 55.6 Å². The lowest BCUT2D eigenvalue weighted by Crippen LogP contribution is -2.33. The van der Waals surface area contributed by atoms with Gasteiger partial charge < -0.3 is 15.4 Å². The minimum atomic E-state index is -0.219. The van der Waals surface area contributed by atoms with E-state index in [4.69, 9.17) is 22.1 Å². The average molecular weight is 301 g/mol. The first kappa shape index (κ1) is 13.5. The van der Waals surface area contributed by atoms with Crippen molar-refractivity contribution >= 4 is 35.0 Å². The maximum Gasteiger partial charge on any atom is 0.293 e. The van der Waals surface area contributed by atoms with E-state index in [1.54, 1.807) is 43.5 Å². The van der Waals surface area contributed by atoms with E-state index in [9.17, 15) is 4.79 Å². The number of anilines is 2. The Kier molecular flexibility index (Phi) is 3.31. The molecule has 0 saturated carbocycles. The van der Waals surface area contributed by atoms with Crippen LogP contribution < -0.4 is 15.4 Å². The molecule has 0 unspecified atom stereocenters. The Morgan fingerprint density at radius 1 is 1.19 bits per heavy atom. The Balaban J connectivity index is 2.00.